The molecular formula is C8H18N2OS. The first kappa shape index (κ1) is 11.8. The molecule has 3 nitrogen and oxygen atoms in total. The molecule has 72 valence electrons. The molecule has 0 fully saturated rings. The van der Waals surface area contributed by atoms with Crippen molar-refractivity contribution in [3.05, 3.63) is 0 Å². The fourth-order valence-corrected chi connectivity index (χ4v) is 1.30. The molecule has 3 N–H and O–H groups in total. The van der Waals surface area contributed by atoms with Crippen molar-refractivity contribution in [2.45, 2.75) is 32.1 Å². The number of nitrogens with two attached hydrogens (primary N) is 1. The second-order valence-corrected chi connectivity index (χ2v) is 4.51. The Kier molecular flexibility index (Phi) is 6.20. The Hall–Kier alpha value is -0.220. The van der Waals surface area contributed by atoms with Crippen molar-refractivity contribution >= 4 is 17.7 Å². The highest BCUT2D eigenvalue weighted by molar-refractivity contribution is 8.00. The van der Waals surface area contributed by atoms with E-state index in [1.807, 2.05) is 20.8 Å². The summed E-state index contributed by atoms with van der Waals surface area (Å²) in [5, 5.41) is 3.19. The first-order valence-corrected chi connectivity index (χ1v) is 5.22. The Labute approximate surface area is 78.5 Å². The maximum atomic E-state index is 11.1. The Morgan fingerprint density at radius 1 is 1.50 bits per heavy atom. The number of carbonyl (C=O) groups excluding carboxylic acids is 1. The maximum absolute atomic E-state index is 11.1. The molecule has 12 heavy (non-hydrogen) atoms. The van der Waals surface area contributed by atoms with Gasteiger partial charge in [-0.25, -0.2) is 0 Å². The minimum absolute atomic E-state index is 0.0929. The summed E-state index contributed by atoms with van der Waals surface area (Å²) in [6, 6.07) is 0.228. The van der Waals surface area contributed by atoms with Crippen LogP contribution in [0.3, 0.4) is 0 Å². The summed E-state index contributed by atoms with van der Waals surface area (Å²) in [6.45, 7) is 6.55. The van der Waals surface area contributed by atoms with Crippen LogP contribution in [0.1, 0.15) is 20.8 Å². The summed E-state index contributed by atoms with van der Waals surface area (Å²) < 4.78 is 0. The molecule has 0 saturated carbocycles. The number of nitrogens with one attached hydrogen (secondary N) is 1. The van der Waals surface area contributed by atoms with E-state index in [0.29, 0.717) is 17.5 Å². The van der Waals surface area contributed by atoms with Crippen LogP contribution in [-0.2, 0) is 4.79 Å². The molecule has 0 bridgehead atoms. The predicted molar refractivity (Wildman–Crippen MR) is 54.3 cm³/mol. The fourth-order valence-electron chi connectivity index (χ4n) is 0.650. The van der Waals surface area contributed by atoms with Crippen LogP contribution in [0.4, 0.5) is 0 Å². The van der Waals surface area contributed by atoms with Crippen molar-refractivity contribution in [1.82, 2.24) is 5.32 Å². The lowest BCUT2D eigenvalue weighted by atomic mass is 10.4. The largest absolute Gasteiger partial charge is 0.353 e. The lowest BCUT2D eigenvalue weighted by molar-refractivity contribution is -0.119. The molecule has 4 heteroatoms. The highest BCUT2D eigenvalue weighted by atomic mass is 32.2. The van der Waals surface area contributed by atoms with E-state index >= 15 is 0 Å². The molecule has 0 saturated heterocycles. The van der Waals surface area contributed by atoms with E-state index in [4.69, 9.17) is 5.73 Å². The highest BCUT2D eigenvalue weighted by Gasteiger charge is 2.05. The van der Waals surface area contributed by atoms with Crippen LogP contribution in [0.25, 0.3) is 0 Å². The average Bonchev–Trinajstić information content (AvgIpc) is 1.99. The molecule has 0 spiro atoms. The van der Waals surface area contributed by atoms with Crippen molar-refractivity contribution in [3.63, 3.8) is 0 Å². The van der Waals surface area contributed by atoms with E-state index < -0.39 is 0 Å². The van der Waals surface area contributed by atoms with E-state index in [0.717, 1.165) is 0 Å². The zero-order valence-corrected chi connectivity index (χ0v) is 8.78. The highest BCUT2D eigenvalue weighted by Crippen LogP contribution is 2.07. The van der Waals surface area contributed by atoms with Gasteiger partial charge in [0, 0.05) is 17.8 Å². The number of carbonyl (C=O) groups is 1. The van der Waals surface area contributed by atoms with Gasteiger partial charge >= 0.3 is 0 Å². The van der Waals surface area contributed by atoms with Crippen LogP contribution in [0.2, 0.25) is 0 Å². The van der Waals surface area contributed by atoms with Crippen LogP contribution < -0.4 is 11.1 Å². The third-order valence-corrected chi connectivity index (χ3v) is 2.47. The summed E-state index contributed by atoms with van der Waals surface area (Å²) in [6.07, 6.45) is 0. The molecule has 0 aliphatic carbocycles. The van der Waals surface area contributed by atoms with Gasteiger partial charge in [0.25, 0.3) is 0 Å². The third kappa shape index (κ3) is 6.49. The minimum Gasteiger partial charge on any atom is -0.353 e. The van der Waals surface area contributed by atoms with Crippen molar-refractivity contribution in [2.24, 2.45) is 5.73 Å². The Balaban J connectivity index is 3.44. The van der Waals surface area contributed by atoms with E-state index in [1.165, 1.54) is 0 Å². The molecule has 0 radical (unpaired) electrons. The lowest BCUT2D eigenvalue weighted by Crippen LogP contribution is -2.32. The summed E-state index contributed by atoms with van der Waals surface area (Å²) >= 11 is 1.59. The van der Waals surface area contributed by atoms with Gasteiger partial charge in [-0.05, 0) is 13.8 Å². The SMILES string of the molecule is CC(C)NC(=O)CSC(C)CN. The number of hydrogen-bond acceptors (Lipinski definition) is 3. The monoisotopic (exact) mass is 190 g/mol. The molecule has 1 unspecified atom stereocenters. The molecule has 0 aliphatic rings. The standard InChI is InChI=1S/C8H18N2OS/c1-6(2)10-8(11)5-12-7(3)4-9/h6-7H,4-5,9H2,1-3H3,(H,10,11). The van der Waals surface area contributed by atoms with Crippen LogP contribution in [-0.4, -0.2) is 29.5 Å². The van der Waals surface area contributed by atoms with E-state index in [-0.39, 0.29) is 11.9 Å². The Morgan fingerprint density at radius 2 is 2.08 bits per heavy atom. The Bertz CT molecular complexity index is 139. The molecule has 0 aromatic rings. The van der Waals surface area contributed by atoms with Crippen molar-refractivity contribution < 1.29 is 4.79 Å². The van der Waals surface area contributed by atoms with E-state index in [1.54, 1.807) is 11.8 Å². The van der Waals surface area contributed by atoms with Gasteiger partial charge in [0.2, 0.25) is 5.91 Å². The van der Waals surface area contributed by atoms with Crippen molar-refractivity contribution in [2.75, 3.05) is 12.3 Å². The average molecular weight is 190 g/mol. The van der Waals surface area contributed by atoms with E-state index in [9.17, 15) is 4.79 Å². The number of hydrogen-bond donors (Lipinski definition) is 2. The van der Waals surface area contributed by atoms with Gasteiger partial charge < -0.3 is 11.1 Å². The normalized spacial score (nSPS) is 13.1. The molecule has 0 aromatic carbocycles. The number of thioether (sulfide) groups is 1. The van der Waals surface area contributed by atoms with Crippen molar-refractivity contribution in [3.8, 4) is 0 Å². The second-order valence-electron chi connectivity index (χ2n) is 3.08. The predicted octanol–water partition coefficient (Wildman–Crippen LogP) is 0.591. The molecular weight excluding hydrogens is 172 g/mol. The zero-order valence-electron chi connectivity index (χ0n) is 7.96. The van der Waals surface area contributed by atoms with Gasteiger partial charge in [0.05, 0.1) is 5.75 Å². The summed E-state index contributed by atoms with van der Waals surface area (Å²) in [5.41, 5.74) is 5.41. The topological polar surface area (TPSA) is 55.1 Å². The molecule has 0 rings (SSSR count). The quantitative estimate of drug-likeness (QED) is 0.667. The first-order chi connectivity index (χ1) is 5.56. The first-order valence-electron chi connectivity index (χ1n) is 4.17. The van der Waals surface area contributed by atoms with Gasteiger partial charge in [-0.3, -0.25) is 4.79 Å². The molecule has 1 amide bonds. The van der Waals surface area contributed by atoms with Gasteiger partial charge in [-0.2, -0.15) is 0 Å². The summed E-state index contributed by atoms with van der Waals surface area (Å²) in [5.74, 6) is 0.603. The van der Waals surface area contributed by atoms with Crippen LogP contribution >= 0.6 is 11.8 Å². The van der Waals surface area contributed by atoms with Gasteiger partial charge in [0.1, 0.15) is 0 Å². The third-order valence-electron chi connectivity index (χ3n) is 1.28. The molecule has 0 aliphatic heterocycles. The molecule has 1 atom stereocenters. The lowest BCUT2D eigenvalue weighted by Gasteiger charge is -2.10. The van der Waals surface area contributed by atoms with Gasteiger partial charge in [-0.15, -0.1) is 11.8 Å². The number of rotatable bonds is 5. The second kappa shape index (κ2) is 6.31. The Morgan fingerprint density at radius 3 is 2.50 bits per heavy atom. The molecule has 0 heterocycles. The van der Waals surface area contributed by atoms with Gasteiger partial charge in [0.15, 0.2) is 0 Å². The fraction of sp³-hybridized carbons (Fsp3) is 0.875. The zero-order chi connectivity index (χ0) is 9.56. The van der Waals surface area contributed by atoms with Crippen LogP contribution in [0.5, 0.6) is 0 Å². The smallest absolute Gasteiger partial charge is 0.230 e. The maximum Gasteiger partial charge on any atom is 0.230 e. The van der Waals surface area contributed by atoms with Gasteiger partial charge in [-0.1, -0.05) is 6.92 Å². The minimum atomic E-state index is 0.0929. The van der Waals surface area contributed by atoms with Crippen LogP contribution in [0.15, 0.2) is 0 Å². The number of amides is 1. The van der Waals surface area contributed by atoms with E-state index in [2.05, 4.69) is 5.32 Å². The summed E-state index contributed by atoms with van der Waals surface area (Å²) in [4.78, 5) is 11.1. The van der Waals surface area contributed by atoms with Crippen molar-refractivity contribution in [1.29, 1.82) is 0 Å². The molecule has 0 aromatic heterocycles. The van der Waals surface area contributed by atoms with Crippen LogP contribution in [0, 0.1) is 0 Å². The summed E-state index contributed by atoms with van der Waals surface area (Å²) in [7, 11) is 0.